The number of amides is 1. The summed E-state index contributed by atoms with van der Waals surface area (Å²) in [7, 11) is 0. The highest BCUT2D eigenvalue weighted by Crippen LogP contribution is 2.32. The highest BCUT2D eigenvalue weighted by atomic mass is 35.5. The van der Waals surface area contributed by atoms with Crippen molar-refractivity contribution in [1.29, 1.82) is 0 Å². The molecule has 0 atom stereocenters. The number of benzene rings is 2. The van der Waals surface area contributed by atoms with E-state index in [1.807, 2.05) is 30.9 Å². The van der Waals surface area contributed by atoms with Gasteiger partial charge in [-0.05, 0) is 74.4 Å². The molecule has 2 aliphatic rings. The number of nitro groups is 1. The summed E-state index contributed by atoms with van der Waals surface area (Å²) in [5.41, 5.74) is 2.14. The van der Waals surface area contributed by atoms with Crippen molar-refractivity contribution in [3.63, 3.8) is 0 Å². The smallest absolute Gasteiger partial charge is 0.311 e. The quantitative estimate of drug-likeness (QED) is 0.294. The maximum Gasteiger partial charge on any atom is 0.311 e. The molecule has 8 nitrogen and oxygen atoms in total. The lowest BCUT2D eigenvalue weighted by molar-refractivity contribution is -0.385. The van der Waals surface area contributed by atoms with Crippen LogP contribution in [0.2, 0.25) is 5.02 Å². The lowest BCUT2D eigenvalue weighted by atomic mass is 9.89. The van der Waals surface area contributed by atoms with Crippen LogP contribution in [0.1, 0.15) is 57.4 Å². The molecular formula is C29H39ClN4O4. The van der Waals surface area contributed by atoms with Crippen LogP contribution >= 0.6 is 11.6 Å². The van der Waals surface area contributed by atoms with Gasteiger partial charge in [0.05, 0.1) is 11.5 Å². The third-order valence-corrected chi connectivity index (χ3v) is 7.77. The summed E-state index contributed by atoms with van der Waals surface area (Å²) in [5, 5.41) is 15.6. The van der Waals surface area contributed by atoms with Gasteiger partial charge in [-0.3, -0.25) is 14.9 Å². The SMILES string of the molecule is CC(C)COc1cc(NC2CCN(C(=O)CCN3CCC(c4ccc(Cl)cc4)CC3)CC2)ccc1[N+](=O)[O-]. The minimum atomic E-state index is -0.411. The van der Waals surface area contributed by atoms with Gasteiger partial charge in [0.1, 0.15) is 0 Å². The van der Waals surface area contributed by atoms with Crippen molar-refractivity contribution in [2.75, 3.05) is 44.6 Å². The standard InChI is InChI=1S/C29H39ClN4O4/c1-21(2)20-38-28-19-26(7-8-27(28)34(36)37)31-25-11-17-33(18-12-25)29(35)13-16-32-14-9-23(10-15-32)22-3-5-24(30)6-4-22/h3-8,19,21,23,25,31H,9-18,20H2,1-2H3. The number of nitrogens with zero attached hydrogens (tertiary/aromatic N) is 3. The lowest BCUT2D eigenvalue weighted by Gasteiger charge is -2.35. The molecule has 0 unspecified atom stereocenters. The Morgan fingerprint density at radius 3 is 2.39 bits per heavy atom. The van der Waals surface area contributed by atoms with Crippen molar-refractivity contribution in [3.05, 3.63) is 63.2 Å². The molecule has 38 heavy (non-hydrogen) atoms. The first-order valence-electron chi connectivity index (χ1n) is 13.7. The van der Waals surface area contributed by atoms with Gasteiger partial charge in [0.2, 0.25) is 5.91 Å². The first kappa shape index (κ1) is 28.2. The summed E-state index contributed by atoms with van der Waals surface area (Å²) in [6.07, 6.45) is 4.47. The molecule has 2 aliphatic heterocycles. The zero-order valence-electron chi connectivity index (χ0n) is 22.4. The Balaban J connectivity index is 1.19. The van der Waals surface area contributed by atoms with E-state index in [1.165, 1.54) is 11.6 Å². The van der Waals surface area contributed by atoms with Crippen molar-refractivity contribution in [2.24, 2.45) is 5.92 Å². The topological polar surface area (TPSA) is 88.0 Å². The molecule has 0 aliphatic carbocycles. The van der Waals surface area contributed by atoms with E-state index in [0.717, 1.165) is 69.1 Å². The zero-order valence-corrected chi connectivity index (χ0v) is 23.2. The number of piperidine rings is 2. The highest BCUT2D eigenvalue weighted by molar-refractivity contribution is 6.30. The van der Waals surface area contributed by atoms with Crippen LogP contribution in [0.5, 0.6) is 5.75 Å². The van der Waals surface area contributed by atoms with E-state index in [2.05, 4.69) is 22.3 Å². The summed E-state index contributed by atoms with van der Waals surface area (Å²) < 4.78 is 5.70. The summed E-state index contributed by atoms with van der Waals surface area (Å²) in [5.74, 6) is 1.36. The van der Waals surface area contributed by atoms with E-state index in [0.29, 0.717) is 24.7 Å². The van der Waals surface area contributed by atoms with E-state index in [4.69, 9.17) is 16.3 Å². The first-order valence-corrected chi connectivity index (χ1v) is 14.1. The second kappa shape index (κ2) is 13.3. The third-order valence-electron chi connectivity index (χ3n) is 7.52. The van der Waals surface area contributed by atoms with Gasteiger partial charge >= 0.3 is 5.69 Å². The van der Waals surface area contributed by atoms with E-state index in [1.54, 1.807) is 12.1 Å². The zero-order chi connectivity index (χ0) is 27.1. The Morgan fingerprint density at radius 1 is 1.08 bits per heavy atom. The molecule has 1 N–H and O–H groups in total. The van der Waals surface area contributed by atoms with Crippen LogP contribution in [0.3, 0.4) is 0 Å². The third kappa shape index (κ3) is 7.84. The lowest BCUT2D eigenvalue weighted by Crippen LogP contribution is -2.43. The van der Waals surface area contributed by atoms with Crippen LogP contribution in [0.25, 0.3) is 0 Å². The Kier molecular flexibility index (Phi) is 9.86. The van der Waals surface area contributed by atoms with Gasteiger partial charge in [-0.2, -0.15) is 0 Å². The fraction of sp³-hybridized carbons (Fsp3) is 0.552. The predicted octanol–water partition coefficient (Wildman–Crippen LogP) is 5.96. The van der Waals surface area contributed by atoms with Crippen LogP contribution in [-0.2, 0) is 4.79 Å². The van der Waals surface area contributed by atoms with Crippen LogP contribution in [-0.4, -0.2) is 66.0 Å². The Morgan fingerprint density at radius 2 is 1.76 bits per heavy atom. The molecule has 0 bridgehead atoms. The van der Waals surface area contributed by atoms with Gasteiger partial charge in [0, 0.05) is 54.9 Å². The molecule has 2 aromatic carbocycles. The number of halogens is 1. The summed E-state index contributed by atoms with van der Waals surface area (Å²) >= 11 is 6.02. The average Bonchev–Trinajstić information content (AvgIpc) is 2.91. The number of likely N-dealkylation sites (tertiary alicyclic amines) is 2. The maximum atomic E-state index is 12.9. The molecule has 2 saturated heterocycles. The Bertz CT molecular complexity index is 1080. The van der Waals surface area contributed by atoms with Crippen molar-refractivity contribution in [3.8, 4) is 5.75 Å². The Hall–Kier alpha value is -2.84. The number of rotatable bonds is 10. The number of hydrogen-bond acceptors (Lipinski definition) is 6. The number of carbonyl (C=O) groups is 1. The normalized spacial score (nSPS) is 17.5. The Labute approximate surface area is 230 Å². The monoisotopic (exact) mass is 542 g/mol. The van der Waals surface area contributed by atoms with Gasteiger partial charge in [-0.25, -0.2) is 0 Å². The number of ether oxygens (including phenoxy) is 1. The van der Waals surface area contributed by atoms with Gasteiger partial charge in [0.15, 0.2) is 5.75 Å². The predicted molar refractivity (Wildman–Crippen MR) is 151 cm³/mol. The van der Waals surface area contributed by atoms with E-state index >= 15 is 0 Å². The molecule has 2 aromatic rings. The van der Waals surface area contributed by atoms with E-state index in [-0.39, 0.29) is 23.6 Å². The number of nitro benzene ring substituents is 1. The molecule has 206 valence electrons. The van der Waals surface area contributed by atoms with Crippen LogP contribution in [0.15, 0.2) is 42.5 Å². The second-order valence-corrected chi connectivity index (χ2v) is 11.3. The van der Waals surface area contributed by atoms with Gasteiger partial charge in [0.25, 0.3) is 0 Å². The maximum absolute atomic E-state index is 12.9. The molecule has 0 saturated carbocycles. The molecule has 0 radical (unpaired) electrons. The first-order chi connectivity index (χ1) is 18.3. The summed E-state index contributed by atoms with van der Waals surface area (Å²) in [6.45, 7) is 8.73. The number of carbonyl (C=O) groups excluding carboxylic acids is 1. The number of anilines is 1. The van der Waals surface area contributed by atoms with E-state index < -0.39 is 4.92 Å². The molecule has 9 heteroatoms. The summed E-state index contributed by atoms with van der Waals surface area (Å²) in [4.78, 5) is 28.2. The molecule has 2 heterocycles. The molecule has 4 rings (SSSR count). The van der Waals surface area contributed by atoms with Gasteiger partial charge in [-0.15, -0.1) is 0 Å². The minimum Gasteiger partial charge on any atom is -0.486 e. The fourth-order valence-electron chi connectivity index (χ4n) is 5.27. The largest absolute Gasteiger partial charge is 0.486 e. The van der Waals surface area contributed by atoms with Gasteiger partial charge < -0.3 is 19.9 Å². The van der Waals surface area contributed by atoms with Crippen LogP contribution in [0, 0.1) is 16.0 Å². The van der Waals surface area contributed by atoms with Crippen molar-refractivity contribution in [1.82, 2.24) is 9.80 Å². The molecule has 1 amide bonds. The highest BCUT2D eigenvalue weighted by Gasteiger charge is 2.25. The van der Waals surface area contributed by atoms with Crippen molar-refractivity contribution < 1.29 is 14.5 Å². The van der Waals surface area contributed by atoms with Crippen molar-refractivity contribution >= 4 is 28.9 Å². The summed E-state index contributed by atoms with van der Waals surface area (Å²) in [6, 6.07) is 13.3. The van der Waals surface area contributed by atoms with Crippen molar-refractivity contribution in [2.45, 2.75) is 57.9 Å². The molecular weight excluding hydrogens is 504 g/mol. The molecule has 0 spiro atoms. The van der Waals surface area contributed by atoms with E-state index in [9.17, 15) is 14.9 Å². The average molecular weight is 543 g/mol. The van der Waals surface area contributed by atoms with Gasteiger partial charge in [-0.1, -0.05) is 37.6 Å². The second-order valence-electron chi connectivity index (χ2n) is 10.9. The molecule has 0 aromatic heterocycles. The minimum absolute atomic E-state index is 0.0224. The molecule has 2 fully saturated rings. The van der Waals surface area contributed by atoms with Crippen LogP contribution in [0.4, 0.5) is 11.4 Å². The number of hydrogen-bond donors (Lipinski definition) is 1. The number of nitrogens with one attached hydrogen (secondary N) is 1. The van der Waals surface area contributed by atoms with Crippen LogP contribution < -0.4 is 10.1 Å². The fourth-order valence-corrected chi connectivity index (χ4v) is 5.40.